The highest BCUT2D eigenvalue weighted by atomic mass is 16.5. The van der Waals surface area contributed by atoms with E-state index in [1.807, 2.05) is 19.1 Å². The van der Waals surface area contributed by atoms with Crippen molar-refractivity contribution in [2.24, 2.45) is 0 Å². The number of amides is 1. The zero-order valence-corrected chi connectivity index (χ0v) is 19.5. The van der Waals surface area contributed by atoms with Crippen LogP contribution in [0, 0.1) is 11.3 Å². The number of carbonyl (C=O) groups excluding carboxylic acids is 1. The van der Waals surface area contributed by atoms with Gasteiger partial charge in [0, 0.05) is 23.5 Å². The quantitative estimate of drug-likeness (QED) is 0.430. The van der Waals surface area contributed by atoms with Crippen LogP contribution in [0.1, 0.15) is 52.2 Å². The summed E-state index contributed by atoms with van der Waals surface area (Å²) >= 11 is 0. The van der Waals surface area contributed by atoms with Gasteiger partial charge in [0.2, 0.25) is 0 Å². The molecule has 0 atom stereocenters. The number of hydrogen-bond acceptors (Lipinski definition) is 4. The molecule has 3 rings (SSSR count). The van der Waals surface area contributed by atoms with Gasteiger partial charge in [0.1, 0.15) is 17.4 Å². The predicted octanol–water partition coefficient (Wildman–Crippen LogP) is 6.04. The van der Waals surface area contributed by atoms with Crippen LogP contribution in [-0.2, 0) is 4.79 Å². The van der Waals surface area contributed by atoms with Crippen molar-refractivity contribution >= 4 is 28.9 Å². The van der Waals surface area contributed by atoms with Crippen molar-refractivity contribution in [2.45, 2.75) is 46.6 Å². The number of benzene rings is 2. The lowest BCUT2D eigenvalue weighted by molar-refractivity contribution is -0.112. The van der Waals surface area contributed by atoms with Gasteiger partial charge in [-0.05, 0) is 87.7 Å². The summed E-state index contributed by atoms with van der Waals surface area (Å²) < 4.78 is 5.42. The van der Waals surface area contributed by atoms with E-state index in [1.165, 1.54) is 11.3 Å². The molecule has 0 aromatic heterocycles. The molecule has 0 radical (unpaired) electrons. The van der Waals surface area contributed by atoms with Gasteiger partial charge in [-0.2, -0.15) is 5.26 Å². The zero-order valence-electron chi connectivity index (χ0n) is 19.5. The van der Waals surface area contributed by atoms with E-state index in [1.54, 1.807) is 30.3 Å². The third-order valence-electron chi connectivity index (χ3n) is 5.55. The van der Waals surface area contributed by atoms with Gasteiger partial charge in [-0.15, -0.1) is 0 Å². The number of hydrogen-bond donors (Lipinski definition) is 1. The van der Waals surface area contributed by atoms with Gasteiger partial charge >= 0.3 is 0 Å². The van der Waals surface area contributed by atoms with Crippen molar-refractivity contribution in [1.82, 2.24) is 0 Å². The molecule has 166 valence electrons. The SMILES string of the molecule is CCCN1c2ccc(/C=C(\C#N)C(=O)Nc3ccc(OCC)cc3)cc2C(C)=CC1(C)C. The number of nitrogens with one attached hydrogen (secondary N) is 1. The summed E-state index contributed by atoms with van der Waals surface area (Å²) in [5.41, 5.74) is 4.96. The summed E-state index contributed by atoms with van der Waals surface area (Å²) in [6.45, 7) is 12.2. The first-order chi connectivity index (χ1) is 15.3. The van der Waals surface area contributed by atoms with Crippen molar-refractivity contribution < 1.29 is 9.53 Å². The Morgan fingerprint density at radius 1 is 1.19 bits per heavy atom. The lowest BCUT2D eigenvalue weighted by atomic mass is 9.87. The first-order valence-corrected chi connectivity index (χ1v) is 11.1. The monoisotopic (exact) mass is 429 g/mol. The molecule has 0 aliphatic carbocycles. The van der Waals surface area contributed by atoms with Crippen molar-refractivity contribution in [2.75, 3.05) is 23.4 Å². The Morgan fingerprint density at radius 2 is 1.91 bits per heavy atom. The van der Waals surface area contributed by atoms with Gasteiger partial charge in [-0.3, -0.25) is 4.79 Å². The molecule has 32 heavy (non-hydrogen) atoms. The maximum Gasteiger partial charge on any atom is 0.266 e. The molecule has 0 fully saturated rings. The number of fused-ring (bicyclic) bond motifs is 1. The van der Waals surface area contributed by atoms with E-state index in [0.29, 0.717) is 12.3 Å². The standard InChI is InChI=1S/C27H31N3O2/c1-6-14-30-25-13-8-20(16-24(25)19(3)17-27(30,4)5)15-21(18-28)26(31)29-22-9-11-23(12-10-22)32-7-2/h8-13,15-17H,6-7,14H2,1-5H3,(H,29,31)/b21-15+. The summed E-state index contributed by atoms with van der Waals surface area (Å²) in [6, 6.07) is 15.2. The highest BCUT2D eigenvalue weighted by Gasteiger charge is 2.30. The molecular weight excluding hydrogens is 398 g/mol. The molecular formula is C27H31N3O2. The number of ether oxygens (including phenoxy) is 1. The van der Waals surface area contributed by atoms with Crippen LogP contribution in [0.4, 0.5) is 11.4 Å². The molecule has 2 aromatic carbocycles. The number of allylic oxidation sites excluding steroid dienone is 1. The van der Waals surface area contributed by atoms with Crippen molar-refractivity contribution in [1.29, 1.82) is 5.26 Å². The number of carbonyl (C=O) groups is 1. The number of nitriles is 1. The summed E-state index contributed by atoms with van der Waals surface area (Å²) in [6.07, 6.45) is 4.98. The second kappa shape index (κ2) is 9.74. The Kier molecular flexibility index (Phi) is 7.05. The van der Waals surface area contributed by atoms with E-state index in [2.05, 4.69) is 56.1 Å². The zero-order chi connectivity index (χ0) is 23.3. The summed E-state index contributed by atoms with van der Waals surface area (Å²) in [5.74, 6) is 0.301. The topological polar surface area (TPSA) is 65.4 Å². The molecule has 0 spiro atoms. The third kappa shape index (κ3) is 5.03. The Labute approximate surface area is 191 Å². The molecule has 1 N–H and O–H groups in total. The van der Waals surface area contributed by atoms with Crippen LogP contribution in [0.15, 0.2) is 54.1 Å². The predicted molar refractivity (Wildman–Crippen MR) is 132 cm³/mol. The Morgan fingerprint density at radius 3 is 2.53 bits per heavy atom. The smallest absolute Gasteiger partial charge is 0.266 e. The minimum atomic E-state index is -0.435. The Bertz CT molecular complexity index is 1090. The largest absolute Gasteiger partial charge is 0.494 e. The van der Waals surface area contributed by atoms with Gasteiger partial charge in [-0.1, -0.05) is 19.1 Å². The maximum atomic E-state index is 12.7. The van der Waals surface area contributed by atoms with Crippen LogP contribution >= 0.6 is 0 Å². The highest BCUT2D eigenvalue weighted by molar-refractivity contribution is 6.09. The van der Waals surface area contributed by atoms with Crippen LogP contribution in [0.5, 0.6) is 5.75 Å². The van der Waals surface area contributed by atoms with Crippen molar-refractivity contribution in [3.63, 3.8) is 0 Å². The van der Waals surface area contributed by atoms with E-state index in [0.717, 1.165) is 29.8 Å². The van der Waals surface area contributed by atoms with E-state index < -0.39 is 5.91 Å². The molecule has 0 saturated carbocycles. The van der Waals surface area contributed by atoms with Gasteiger partial charge in [0.25, 0.3) is 5.91 Å². The average molecular weight is 430 g/mol. The molecule has 5 nitrogen and oxygen atoms in total. The first kappa shape index (κ1) is 23.1. The lowest BCUT2D eigenvalue weighted by Crippen LogP contribution is -2.45. The molecule has 1 heterocycles. The van der Waals surface area contributed by atoms with E-state index >= 15 is 0 Å². The van der Waals surface area contributed by atoms with Crippen molar-refractivity contribution in [3.05, 3.63) is 65.2 Å². The molecule has 2 aromatic rings. The molecule has 1 aliphatic rings. The fraction of sp³-hybridized carbons (Fsp3) is 0.333. The summed E-state index contributed by atoms with van der Waals surface area (Å²) in [4.78, 5) is 15.1. The third-order valence-corrected chi connectivity index (χ3v) is 5.55. The minimum Gasteiger partial charge on any atom is -0.494 e. The molecule has 0 saturated heterocycles. The minimum absolute atomic E-state index is 0.0557. The summed E-state index contributed by atoms with van der Waals surface area (Å²) in [7, 11) is 0. The Balaban J connectivity index is 1.86. The number of anilines is 2. The highest BCUT2D eigenvalue weighted by Crippen LogP contribution is 2.39. The molecule has 0 unspecified atom stereocenters. The van der Waals surface area contributed by atoms with Crippen LogP contribution in [0.3, 0.4) is 0 Å². The molecule has 1 amide bonds. The first-order valence-electron chi connectivity index (χ1n) is 11.1. The molecule has 1 aliphatic heterocycles. The number of nitrogens with zero attached hydrogens (tertiary/aromatic N) is 2. The maximum absolute atomic E-state index is 12.7. The lowest BCUT2D eigenvalue weighted by Gasteiger charge is -2.43. The van der Waals surface area contributed by atoms with E-state index in [9.17, 15) is 10.1 Å². The van der Waals surface area contributed by atoms with E-state index in [4.69, 9.17) is 4.74 Å². The van der Waals surface area contributed by atoms with E-state index in [-0.39, 0.29) is 11.1 Å². The van der Waals surface area contributed by atoms with Crippen LogP contribution in [0.25, 0.3) is 11.6 Å². The summed E-state index contributed by atoms with van der Waals surface area (Å²) in [5, 5.41) is 12.4. The normalized spacial score (nSPS) is 14.8. The molecule has 5 heteroatoms. The fourth-order valence-corrected chi connectivity index (χ4v) is 4.14. The second-order valence-electron chi connectivity index (χ2n) is 8.49. The van der Waals surface area contributed by atoms with Gasteiger partial charge < -0.3 is 15.0 Å². The Hall–Kier alpha value is -3.52. The van der Waals surface area contributed by atoms with Crippen LogP contribution in [-0.4, -0.2) is 24.6 Å². The molecule has 0 bridgehead atoms. The van der Waals surface area contributed by atoms with Crippen molar-refractivity contribution in [3.8, 4) is 11.8 Å². The van der Waals surface area contributed by atoms with Crippen LogP contribution in [0.2, 0.25) is 0 Å². The average Bonchev–Trinajstić information content (AvgIpc) is 2.76. The van der Waals surface area contributed by atoms with Gasteiger partial charge in [0.15, 0.2) is 0 Å². The van der Waals surface area contributed by atoms with Gasteiger partial charge in [0.05, 0.1) is 12.1 Å². The van der Waals surface area contributed by atoms with Crippen LogP contribution < -0.4 is 15.0 Å². The number of rotatable bonds is 7. The fourth-order valence-electron chi connectivity index (χ4n) is 4.14. The second-order valence-corrected chi connectivity index (χ2v) is 8.49. The van der Waals surface area contributed by atoms with Gasteiger partial charge in [-0.25, -0.2) is 0 Å².